The predicted molar refractivity (Wildman–Crippen MR) is 58.0 cm³/mol. The minimum atomic E-state index is -0.101. The van der Waals surface area contributed by atoms with Gasteiger partial charge in [0, 0.05) is 0 Å². The van der Waals surface area contributed by atoms with Crippen molar-refractivity contribution < 1.29 is 9.53 Å². The number of ether oxygens (including phenoxy) is 1. The summed E-state index contributed by atoms with van der Waals surface area (Å²) in [5.74, 6) is -0.101. The van der Waals surface area contributed by atoms with Gasteiger partial charge in [-0.1, -0.05) is 19.1 Å². The SMILES string of the molecule is CC/C=C/CC(SC)C(=O)OCC. The molecule has 2 nitrogen and oxygen atoms in total. The standard InChI is InChI=1S/C10H18O2S/c1-4-6-7-8-9(13-3)10(11)12-5-2/h6-7,9H,4-5,8H2,1-3H3/b7-6+. The van der Waals surface area contributed by atoms with Gasteiger partial charge in [-0.2, -0.15) is 0 Å². The van der Waals surface area contributed by atoms with Gasteiger partial charge in [0.15, 0.2) is 0 Å². The Morgan fingerprint density at radius 1 is 1.46 bits per heavy atom. The van der Waals surface area contributed by atoms with Crippen LogP contribution in [0.2, 0.25) is 0 Å². The Morgan fingerprint density at radius 2 is 2.15 bits per heavy atom. The first kappa shape index (κ1) is 12.6. The van der Waals surface area contributed by atoms with Crippen molar-refractivity contribution in [1.82, 2.24) is 0 Å². The Labute approximate surface area is 84.7 Å². The average Bonchev–Trinajstić information content (AvgIpc) is 2.13. The Hall–Kier alpha value is -0.440. The van der Waals surface area contributed by atoms with Gasteiger partial charge in [-0.3, -0.25) is 4.79 Å². The summed E-state index contributed by atoms with van der Waals surface area (Å²) in [5, 5.41) is -0.0391. The van der Waals surface area contributed by atoms with E-state index in [4.69, 9.17) is 4.74 Å². The maximum absolute atomic E-state index is 11.3. The normalized spacial score (nSPS) is 13.2. The predicted octanol–water partition coefficient (Wildman–Crippen LogP) is 2.64. The molecule has 0 fully saturated rings. The van der Waals surface area contributed by atoms with Gasteiger partial charge in [0.1, 0.15) is 5.25 Å². The summed E-state index contributed by atoms with van der Waals surface area (Å²) in [6, 6.07) is 0. The van der Waals surface area contributed by atoms with Crippen LogP contribution in [0.3, 0.4) is 0 Å². The molecule has 0 aliphatic heterocycles. The van der Waals surface area contributed by atoms with Crippen LogP contribution in [0.1, 0.15) is 26.7 Å². The Kier molecular flexibility index (Phi) is 7.90. The highest BCUT2D eigenvalue weighted by Gasteiger charge is 2.15. The van der Waals surface area contributed by atoms with Crippen LogP contribution in [0, 0.1) is 0 Å². The van der Waals surface area contributed by atoms with Crippen LogP contribution in [0.5, 0.6) is 0 Å². The zero-order chi connectivity index (χ0) is 10.1. The maximum atomic E-state index is 11.3. The molecule has 0 bridgehead atoms. The summed E-state index contributed by atoms with van der Waals surface area (Å²) in [6.45, 7) is 4.37. The number of allylic oxidation sites excluding steroid dienone is 2. The molecule has 0 amide bonds. The molecule has 0 saturated carbocycles. The van der Waals surface area contributed by atoms with E-state index < -0.39 is 0 Å². The fourth-order valence-corrected chi connectivity index (χ4v) is 1.47. The van der Waals surface area contributed by atoms with Crippen LogP contribution >= 0.6 is 11.8 Å². The van der Waals surface area contributed by atoms with Crippen molar-refractivity contribution in [3.05, 3.63) is 12.2 Å². The first-order valence-electron chi connectivity index (χ1n) is 4.60. The second-order valence-corrected chi connectivity index (χ2v) is 3.63. The molecule has 0 heterocycles. The number of carbonyl (C=O) groups is 1. The van der Waals surface area contributed by atoms with E-state index in [1.54, 1.807) is 11.8 Å². The van der Waals surface area contributed by atoms with Gasteiger partial charge < -0.3 is 4.74 Å². The summed E-state index contributed by atoms with van der Waals surface area (Å²) < 4.78 is 4.93. The molecule has 3 heteroatoms. The zero-order valence-electron chi connectivity index (χ0n) is 8.58. The van der Waals surface area contributed by atoms with Gasteiger partial charge >= 0.3 is 5.97 Å². The fourth-order valence-electron chi connectivity index (χ4n) is 0.910. The van der Waals surface area contributed by atoms with E-state index in [2.05, 4.69) is 13.0 Å². The Morgan fingerprint density at radius 3 is 2.62 bits per heavy atom. The summed E-state index contributed by atoms with van der Waals surface area (Å²) >= 11 is 1.54. The molecule has 0 radical (unpaired) electrons. The number of carbonyl (C=O) groups excluding carboxylic acids is 1. The molecule has 0 aromatic heterocycles. The third-order valence-electron chi connectivity index (χ3n) is 1.59. The average molecular weight is 202 g/mol. The molecule has 0 aromatic carbocycles. The van der Waals surface area contributed by atoms with Gasteiger partial charge in [0.25, 0.3) is 0 Å². The lowest BCUT2D eigenvalue weighted by Crippen LogP contribution is -2.19. The smallest absolute Gasteiger partial charge is 0.319 e. The number of rotatable bonds is 6. The molecule has 0 saturated heterocycles. The van der Waals surface area contributed by atoms with Crippen LogP contribution in [0.4, 0.5) is 0 Å². The molecule has 0 aliphatic rings. The van der Waals surface area contributed by atoms with Crippen molar-refractivity contribution in [3.63, 3.8) is 0 Å². The van der Waals surface area contributed by atoms with E-state index in [1.807, 2.05) is 19.3 Å². The Bertz CT molecular complexity index is 166. The molecule has 0 rings (SSSR count). The van der Waals surface area contributed by atoms with Crippen molar-refractivity contribution in [2.75, 3.05) is 12.9 Å². The minimum absolute atomic E-state index is 0.0391. The largest absolute Gasteiger partial charge is 0.465 e. The molecular formula is C10H18O2S. The van der Waals surface area contributed by atoms with Gasteiger partial charge in [0.05, 0.1) is 6.61 Å². The quantitative estimate of drug-likeness (QED) is 0.489. The second-order valence-electron chi connectivity index (χ2n) is 2.59. The Balaban J connectivity index is 3.87. The van der Waals surface area contributed by atoms with Crippen molar-refractivity contribution in [1.29, 1.82) is 0 Å². The van der Waals surface area contributed by atoms with E-state index >= 15 is 0 Å². The van der Waals surface area contributed by atoms with Gasteiger partial charge in [-0.05, 0) is 26.0 Å². The van der Waals surface area contributed by atoms with Crippen molar-refractivity contribution in [2.45, 2.75) is 31.9 Å². The highest BCUT2D eigenvalue weighted by molar-refractivity contribution is 7.99. The molecule has 76 valence electrons. The molecule has 0 aromatic rings. The zero-order valence-corrected chi connectivity index (χ0v) is 9.39. The third-order valence-corrected chi connectivity index (χ3v) is 2.54. The van der Waals surface area contributed by atoms with Crippen molar-refractivity contribution >= 4 is 17.7 Å². The van der Waals surface area contributed by atoms with Crippen LogP contribution in [-0.2, 0) is 9.53 Å². The van der Waals surface area contributed by atoms with E-state index in [9.17, 15) is 4.79 Å². The number of hydrogen-bond acceptors (Lipinski definition) is 3. The molecule has 0 aliphatic carbocycles. The minimum Gasteiger partial charge on any atom is -0.465 e. The van der Waals surface area contributed by atoms with Crippen LogP contribution < -0.4 is 0 Å². The highest BCUT2D eigenvalue weighted by atomic mass is 32.2. The first-order chi connectivity index (χ1) is 6.26. The molecule has 0 N–H and O–H groups in total. The summed E-state index contributed by atoms with van der Waals surface area (Å²) in [7, 11) is 0. The lowest BCUT2D eigenvalue weighted by molar-refractivity contribution is -0.142. The van der Waals surface area contributed by atoms with E-state index in [0.29, 0.717) is 6.61 Å². The maximum Gasteiger partial charge on any atom is 0.319 e. The van der Waals surface area contributed by atoms with Crippen LogP contribution in [0.25, 0.3) is 0 Å². The van der Waals surface area contributed by atoms with E-state index in [0.717, 1.165) is 12.8 Å². The molecule has 1 atom stereocenters. The first-order valence-corrected chi connectivity index (χ1v) is 5.89. The second kappa shape index (κ2) is 8.17. The number of esters is 1. The number of thioether (sulfide) groups is 1. The summed E-state index contributed by atoms with van der Waals surface area (Å²) in [4.78, 5) is 11.3. The van der Waals surface area contributed by atoms with Crippen molar-refractivity contribution in [2.24, 2.45) is 0 Å². The van der Waals surface area contributed by atoms with Gasteiger partial charge in [-0.25, -0.2) is 0 Å². The topological polar surface area (TPSA) is 26.3 Å². The summed E-state index contributed by atoms with van der Waals surface area (Å²) in [5.41, 5.74) is 0. The monoisotopic (exact) mass is 202 g/mol. The van der Waals surface area contributed by atoms with Gasteiger partial charge in [-0.15, -0.1) is 11.8 Å². The van der Waals surface area contributed by atoms with Crippen LogP contribution in [-0.4, -0.2) is 24.1 Å². The van der Waals surface area contributed by atoms with E-state index in [1.165, 1.54) is 0 Å². The van der Waals surface area contributed by atoms with Crippen LogP contribution in [0.15, 0.2) is 12.2 Å². The lowest BCUT2D eigenvalue weighted by Gasteiger charge is -2.10. The molecule has 13 heavy (non-hydrogen) atoms. The van der Waals surface area contributed by atoms with E-state index in [-0.39, 0.29) is 11.2 Å². The molecular weight excluding hydrogens is 184 g/mol. The number of hydrogen-bond donors (Lipinski definition) is 0. The van der Waals surface area contributed by atoms with Crippen molar-refractivity contribution in [3.8, 4) is 0 Å². The highest BCUT2D eigenvalue weighted by Crippen LogP contribution is 2.13. The third kappa shape index (κ3) is 5.75. The molecule has 0 spiro atoms. The lowest BCUT2D eigenvalue weighted by atomic mass is 10.2. The molecule has 1 unspecified atom stereocenters. The fraction of sp³-hybridized carbons (Fsp3) is 0.700. The van der Waals surface area contributed by atoms with Gasteiger partial charge in [0.2, 0.25) is 0 Å². The summed E-state index contributed by atoms with van der Waals surface area (Å²) in [6.07, 6.45) is 7.83.